The molecule has 324 valence electrons. The molecule has 3 aliphatic carbocycles. The number of nitrogens with zero attached hydrogens (tertiary/aromatic N) is 2. The molecule has 5 amide bonds. The van der Waals surface area contributed by atoms with Crippen LogP contribution in [0, 0.1) is 11.8 Å². The fourth-order valence-corrected chi connectivity index (χ4v) is 9.45. The Kier molecular flexibility index (Phi) is 12.9. The highest BCUT2D eigenvalue weighted by atomic mass is 32.2. The molecule has 1 aromatic carbocycles. The van der Waals surface area contributed by atoms with Crippen LogP contribution >= 0.6 is 0 Å². The third-order valence-electron chi connectivity index (χ3n) is 11.8. The summed E-state index contributed by atoms with van der Waals surface area (Å²) in [5.41, 5.74) is -1.55. The number of aromatic nitrogens is 1. The highest BCUT2D eigenvalue weighted by Crippen LogP contribution is 2.45. The van der Waals surface area contributed by atoms with Gasteiger partial charge in [0.2, 0.25) is 23.6 Å². The van der Waals surface area contributed by atoms with Gasteiger partial charge in [-0.15, -0.1) is 6.58 Å². The number of ether oxygens (including phenoxy) is 4. The van der Waals surface area contributed by atoms with Crippen molar-refractivity contribution in [3.05, 3.63) is 48.7 Å². The van der Waals surface area contributed by atoms with E-state index in [9.17, 15) is 23.4 Å². The summed E-state index contributed by atoms with van der Waals surface area (Å²) in [5.74, 6) is -2.12. The molecule has 3 heterocycles. The van der Waals surface area contributed by atoms with E-state index in [1.165, 1.54) is 4.90 Å². The van der Waals surface area contributed by atoms with Gasteiger partial charge in [0, 0.05) is 29.5 Å². The van der Waals surface area contributed by atoms with Gasteiger partial charge in [-0.3, -0.25) is 23.9 Å². The molecule has 1 saturated heterocycles. The first-order valence-corrected chi connectivity index (χ1v) is 22.0. The molecule has 5 aliphatic rings. The number of benzene rings is 1. The minimum absolute atomic E-state index is 0.0323. The lowest BCUT2D eigenvalue weighted by molar-refractivity contribution is -0.144. The van der Waals surface area contributed by atoms with Crippen LogP contribution in [0.15, 0.2) is 43.1 Å². The molecule has 7 unspecified atom stereocenters. The van der Waals surface area contributed by atoms with Crippen molar-refractivity contribution in [2.45, 2.75) is 119 Å². The van der Waals surface area contributed by atoms with E-state index in [4.69, 9.17) is 18.9 Å². The summed E-state index contributed by atoms with van der Waals surface area (Å²) in [6, 6.07) is 2.12. The van der Waals surface area contributed by atoms with E-state index in [1.54, 1.807) is 46.2 Å². The van der Waals surface area contributed by atoms with E-state index in [2.05, 4.69) is 32.2 Å². The monoisotopic (exact) mass is 848 g/mol. The zero-order valence-electron chi connectivity index (χ0n) is 34.7. The third-order valence-corrected chi connectivity index (χ3v) is 13.2. The highest BCUT2D eigenvalue weighted by Gasteiger charge is 2.61. The van der Waals surface area contributed by atoms with Gasteiger partial charge < -0.3 is 39.8 Å². The van der Waals surface area contributed by atoms with Crippen molar-refractivity contribution in [2.75, 3.05) is 26.9 Å². The lowest BCUT2D eigenvalue weighted by Gasteiger charge is -2.35. The van der Waals surface area contributed by atoms with Crippen molar-refractivity contribution in [2.24, 2.45) is 11.8 Å². The van der Waals surface area contributed by atoms with Crippen LogP contribution in [0.25, 0.3) is 16.8 Å². The molecule has 17 heteroatoms. The summed E-state index contributed by atoms with van der Waals surface area (Å²) in [5, 5.41) is 9.87. The maximum absolute atomic E-state index is 15.1. The third kappa shape index (κ3) is 9.78. The Morgan fingerprint density at radius 1 is 1.12 bits per heavy atom. The van der Waals surface area contributed by atoms with Gasteiger partial charge in [-0.2, -0.15) is 0 Å². The topological polar surface area (TPSA) is 204 Å². The fourth-order valence-electron chi connectivity index (χ4n) is 8.35. The molecule has 16 nitrogen and oxygen atoms in total. The number of rotatable bonds is 9. The van der Waals surface area contributed by atoms with Crippen LogP contribution in [-0.4, -0.2) is 111 Å². The maximum Gasteiger partial charge on any atom is 0.408 e. The van der Waals surface area contributed by atoms with E-state index in [1.807, 2.05) is 24.3 Å². The number of pyridine rings is 1. The van der Waals surface area contributed by atoms with Crippen LogP contribution in [0.4, 0.5) is 4.79 Å². The number of methoxy groups -OCH3 is 1. The first-order valence-electron chi connectivity index (χ1n) is 20.8. The van der Waals surface area contributed by atoms with Crippen LogP contribution in [0.1, 0.15) is 84.1 Å². The number of amides is 5. The molecule has 60 heavy (non-hydrogen) atoms. The quantitative estimate of drug-likeness (QED) is 0.269. The molecule has 3 saturated carbocycles. The number of fused-ring (bicyclic) bond motifs is 3. The molecular formula is C43H56N6O10S. The minimum Gasteiger partial charge on any atom is -0.496 e. The number of hydrogen-bond donors (Lipinski definition) is 4. The Labute approximate surface area is 352 Å². The van der Waals surface area contributed by atoms with Crippen molar-refractivity contribution in [3.63, 3.8) is 0 Å². The fraction of sp³-hybridized carbons (Fsp3) is 0.581. The van der Waals surface area contributed by atoms with Gasteiger partial charge in [-0.1, -0.05) is 37.5 Å². The molecule has 4 fully saturated rings. The van der Waals surface area contributed by atoms with Crippen molar-refractivity contribution in [1.29, 1.82) is 0 Å². The van der Waals surface area contributed by atoms with Gasteiger partial charge in [-0.05, 0) is 82.4 Å². The van der Waals surface area contributed by atoms with E-state index >= 15 is 4.79 Å². The van der Waals surface area contributed by atoms with E-state index < -0.39 is 82.0 Å². The average molecular weight is 849 g/mol. The van der Waals surface area contributed by atoms with Gasteiger partial charge in [-0.25, -0.2) is 14.0 Å². The molecule has 2 aromatic rings. The summed E-state index contributed by atoms with van der Waals surface area (Å²) in [6.07, 6.45) is 11.0. The molecule has 4 N–H and O–H groups in total. The first kappa shape index (κ1) is 43.1. The lowest BCUT2D eigenvalue weighted by atomic mass is 9.83. The average Bonchev–Trinajstić information content (AvgIpc) is 4.14. The highest BCUT2D eigenvalue weighted by molar-refractivity contribution is 7.84. The normalized spacial score (nSPS) is 28.1. The zero-order valence-corrected chi connectivity index (χ0v) is 35.5. The molecule has 2 aliphatic heterocycles. The van der Waals surface area contributed by atoms with Crippen LogP contribution in [0.3, 0.4) is 0 Å². The summed E-state index contributed by atoms with van der Waals surface area (Å²) in [4.78, 5) is 76.6. The van der Waals surface area contributed by atoms with Crippen molar-refractivity contribution >= 4 is 57.6 Å². The first-order chi connectivity index (χ1) is 28.7. The van der Waals surface area contributed by atoms with Crippen molar-refractivity contribution in [3.8, 4) is 11.6 Å². The standard InChI is InChI=1S/C43H56N6O10S/c1-6-28-22-43(28,40(53)48-60(55)30-14-15-30)47-37(51)33-21-29-23-49(33)39(52)35(25-11-8-7-9-12-25)46-36(50)32(45-41(54)59-42(2,3)4)24-57-18-10-13-27-19-31-26(20-34(27)56-5)16-17-44-38(31)58-29/h6,10,13,16-17,19-20,25,28-30,32-33,35H,1,7-9,11-12,14-15,18,21-24H2,2-5H3,(H,45,54)(H,46,50)(H,47,51)(H,48,53). The predicted octanol–water partition coefficient (Wildman–Crippen LogP) is 3.60. The van der Waals surface area contributed by atoms with Gasteiger partial charge in [0.25, 0.3) is 5.91 Å². The van der Waals surface area contributed by atoms with Crippen molar-refractivity contribution in [1.82, 2.24) is 30.6 Å². The zero-order chi connectivity index (χ0) is 42.8. The molecule has 0 spiro atoms. The van der Waals surface area contributed by atoms with Gasteiger partial charge >= 0.3 is 6.09 Å². The molecule has 0 radical (unpaired) electrons. The van der Waals surface area contributed by atoms with Gasteiger partial charge in [0.1, 0.15) is 52.1 Å². The second-order valence-electron chi connectivity index (χ2n) is 17.4. The van der Waals surface area contributed by atoms with E-state index in [-0.39, 0.29) is 43.8 Å². The van der Waals surface area contributed by atoms with Crippen LogP contribution in [0.5, 0.6) is 11.6 Å². The predicted molar refractivity (Wildman–Crippen MR) is 223 cm³/mol. The number of alkyl carbamates (subject to hydrolysis) is 1. The van der Waals surface area contributed by atoms with Crippen LogP contribution < -0.4 is 30.1 Å². The minimum atomic E-state index is -1.59. The Hall–Kier alpha value is -5.03. The lowest BCUT2D eigenvalue weighted by Crippen LogP contribution is -2.61. The summed E-state index contributed by atoms with van der Waals surface area (Å²) in [7, 11) is -0.0258. The van der Waals surface area contributed by atoms with E-state index in [0.717, 1.165) is 37.5 Å². The second kappa shape index (κ2) is 17.9. The molecule has 1 aromatic heterocycles. The van der Waals surface area contributed by atoms with Crippen LogP contribution in [0.2, 0.25) is 0 Å². The Morgan fingerprint density at radius 3 is 2.57 bits per heavy atom. The summed E-state index contributed by atoms with van der Waals surface area (Å²) in [6.45, 7) is 8.77. The Balaban J connectivity index is 1.25. The molecule has 7 rings (SSSR count). The molecule has 7 atom stereocenters. The van der Waals surface area contributed by atoms with Gasteiger partial charge in [0.05, 0.1) is 32.1 Å². The summed E-state index contributed by atoms with van der Waals surface area (Å²) < 4.78 is 39.0. The number of hydrogen-bond acceptors (Lipinski definition) is 11. The molecule has 4 bridgehead atoms. The van der Waals surface area contributed by atoms with E-state index in [0.29, 0.717) is 35.4 Å². The Morgan fingerprint density at radius 2 is 1.88 bits per heavy atom. The SMILES string of the molecule is C=CC1CC1(NC(=O)C1CC2CN1C(=O)C(C1CCCCC1)NC(=O)C(NC(=O)OC(C)(C)C)COCC=Cc1cc3c(nccc3cc1OC)O2)C(=O)NS(=O)C1CC1. The smallest absolute Gasteiger partial charge is 0.408 e. The number of carbonyl (C=O) groups excluding carboxylic acids is 5. The largest absolute Gasteiger partial charge is 0.496 e. The Bertz CT molecular complexity index is 2060. The molecular weight excluding hydrogens is 793 g/mol. The number of carbonyl (C=O) groups is 5. The maximum atomic E-state index is 15.1. The van der Waals surface area contributed by atoms with Gasteiger partial charge in [0.15, 0.2) is 0 Å². The van der Waals surface area contributed by atoms with Crippen molar-refractivity contribution < 1.29 is 47.1 Å². The summed E-state index contributed by atoms with van der Waals surface area (Å²) >= 11 is 0. The second-order valence-corrected chi connectivity index (χ2v) is 18.8. The number of nitrogens with one attached hydrogen (secondary N) is 4. The van der Waals surface area contributed by atoms with Crippen LogP contribution in [-0.2, 0) is 39.6 Å².